The van der Waals surface area contributed by atoms with Crippen LogP contribution >= 0.6 is 0 Å². The number of hydrogen-bond acceptors (Lipinski definition) is 3. The van der Waals surface area contributed by atoms with Crippen LogP contribution < -0.4 is 5.73 Å². The van der Waals surface area contributed by atoms with Gasteiger partial charge < -0.3 is 10.3 Å². The van der Waals surface area contributed by atoms with Gasteiger partial charge in [-0.15, -0.1) is 0 Å². The molecule has 0 amide bonds. The summed E-state index contributed by atoms with van der Waals surface area (Å²) < 4.78 is 2.05. The molecular formula is C14H22N4. The summed E-state index contributed by atoms with van der Waals surface area (Å²) in [6, 6.07) is 0. The van der Waals surface area contributed by atoms with E-state index in [1.165, 1.54) is 0 Å². The normalized spacial score (nSPS) is 12.0. The van der Waals surface area contributed by atoms with Crippen LogP contribution in [0.2, 0.25) is 0 Å². The van der Waals surface area contributed by atoms with E-state index < -0.39 is 0 Å². The van der Waals surface area contributed by atoms with Crippen molar-refractivity contribution in [2.75, 3.05) is 0 Å². The molecule has 2 N–H and O–H groups in total. The van der Waals surface area contributed by atoms with E-state index in [0.29, 0.717) is 18.4 Å². The van der Waals surface area contributed by atoms with Gasteiger partial charge >= 0.3 is 0 Å². The molecule has 0 saturated heterocycles. The molecule has 2 aromatic heterocycles. The van der Waals surface area contributed by atoms with E-state index in [-0.39, 0.29) is 0 Å². The molecule has 0 aromatic carbocycles. The average Bonchev–Trinajstić information content (AvgIpc) is 2.65. The summed E-state index contributed by atoms with van der Waals surface area (Å²) in [6.45, 7) is 9.11. The van der Waals surface area contributed by atoms with Crippen LogP contribution in [0.25, 0.3) is 11.0 Å². The van der Waals surface area contributed by atoms with E-state index in [1.54, 1.807) is 0 Å². The zero-order chi connectivity index (χ0) is 13.4. The van der Waals surface area contributed by atoms with Crippen molar-refractivity contribution in [3.8, 4) is 0 Å². The highest BCUT2D eigenvalue weighted by Crippen LogP contribution is 2.28. The van der Waals surface area contributed by atoms with Gasteiger partial charge in [0.05, 0.1) is 5.69 Å². The molecule has 0 radical (unpaired) electrons. The standard InChI is InChI=1S/C14H22N4/c1-8(2)12-11-10(6-15)7-18(5)14(11)17-13(16-12)9(3)4/h7-9H,6,15H2,1-5H3. The van der Waals surface area contributed by atoms with Crippen LogP contribution in [-0.2, 0) is 13.6 Å². The van der Waals surface area contributed by atoms with Crippen molar-refractivity contribution < 1.29 is 0 Å². The Morgan fingerprint density at radius 2 is 1.83 bits per heavy atom. The van der Waals surface area contributed by atoms with Gasteiger partial charge in [-0.3, -0.25) is 0 Å². The molecule has 0 fully saturated rings. The van der Waals surface area contributed by atoms with Crippen LogP contribution in [0.4, 0.5) is 0 Å². The number of aromatic nitrogens is 3. The molecule has 0 saturated carbocycles. The summed E-state index contributed by atoms with van der Waals surface area (Å²) in [4.78, 5) is 9.42. The highest BCUT2D eigenvalue weighted by Gasteiger charge is 2.18. The monoisotopic (exact) mass is 246 g/mol. The first-order valence-electron chi connectivity index (χ1n) is 6.51. The smallest absolute Gasteiger partial charge is 0.144 e. The summed E-state index contributed by atoms with van der Waals surface area (Å²) in [5.74, 6) is 1.62. The molecule has 0 aliphatic carbocycles. The highest BCUT2D eigenvalue weighted by atomic mass is 15.0. The minimum atomic E-state index is 0.336. The zero-order valence-electron chi connectivity index (χ0n) is 11.9. The lowest BCUT2D eigenvalue weighted by Crippen LogP contribution is -2.06. The Bertz CT molecular complexity index is 567. The summed E-state index contributed by atoms with van der Waals surface area (Å²) in [7, 11) is 2.02. The molecule has 4 heteroatoms. The Hall–Kier alpha value is -1.42. The van der Waals surface area contributed by atoms with E-state index in [0.717, 1.165) is 28.1 Å². The molecule has 98 valence electrons. The first kappa shape index (κ1) is 13.0. The van der Waals surface area contributed by atoms with E-state index >= 15 is 0 Å². The van der Waals surface area contributed by atoms with Crippen molar-refractivity contribution in [2.45, 2.75) is 46.1 Å². The van der Waals surface area contributed by atoms with Crippen LogP contribution in [0.1, 0.15) is 56.6 Å². The first-order chi connectivity index (χ1) is 8.45. The number of rotatable bonds is 3. The predicted octanol–water partition coefficient (Wildman–Crippen LogP) is 2.67. The molecule has 4 nitrogen and oxygen atoms in total. The van der Waals surface area contributed by atoms with Gasteiger partial charge in [-0.1, -0.05) is 27.7 Å². The third kappa shape index (κ3) is 2.01. The summed E-state index contributed by atoms with van der Waals surface area (Å²) in [5.41, 5.74) is 9.07. The quantitative estimate of drug-likeness (QED) is 0.905. The predicted molar refractivity (Wildman–Crippen MR) is 74.6 cm³/mol. The van der Waals surface area contributed by atoms with Crippen LogP contribution in [0.5, 0.6) is 0 Å². The summed E-state index contributed by atoms with van der Waals surface area (Å²) in [5, 5.41) is 1.14. The van der Waals surface area contributed by atoms with Gasteiger partial charge in [-0.05, 0) is 11.5 Å². The largest absolute Gasteiger partial charge is 0.335 e. The Morgan fingerprint density at radius 3 is 2.33 bits per heavy atom. The van der Waals surface area contributed by atoms with Gasteiger partial charge in [-0.25, -0.2) is 9.97 Å². The second kappa shape index (κ2) is 4.69. The van der Waals surface area contributed by atoms with Crippen LogP contribution in [0, 0.1) is 0 Å². The van der Waals surface area contributed by atoms with E-state index in [1.807, 2.05) is 7.05 Å². The average molecular weight is 246 g/mol. The van der Waals surface area contributed by atoms with Crippen molar-refractivity contribution in [2.24, 2.45) is 12.8 Å². The van der Waals surface area contributed by atoms with Gasteiger partial charge in [0.25, 0.3) is 0 Å². The van der Waals surface area contributed by atoms with Crippen molar-refractivity contribution in [3.63, 3.8) is 0 Å². The number of fused-ring (bicyclic) bond motifs is 1. The Labute approximate surface area is 108 Å². The Kier molecular flexibility index (Phi) is 3.39. The fourth-order valence-corrected chi connectivity index (χ4v) is 2.24. The van der Waals surface area contributed by atoms with E-state index in [9.17, 15) is 0 Å². The van der Waals surface area contributed by atoms with Crippen LogP contribution in [-0.4, -0.2) is 14.5 Å². The third-order valence-corrected chi connectivity index (χ3v) is 3.22. The van der Waals surface area contributed by atoms with Gasteiger partial charge in [0.2, 0.25) is 0 Å². The number of hydrogen-bond donors (Lipinski definition) is 1. The fraction of sp³-hybridized carbons (Fsp3) is 0.571. The van der Waals surface area contributed by atoms with Gasteiger partial charge in [0, 0.05) is 31.1 Å². The molecule has 0 bridgehead atoms. The SMILES string of the molecule is CC(C)c1nc(C(C)C)c2c(CN)cn(C)c2n1. The molecule has 18 heavy (non-hydrogen) atoms. The summed E-state index contributed by atoms with van der Waals surface area (Å²) >= 11 is 0. The number of nitrogens with zero attached hydrogens (tertiary/aromatic N) is 3. The lowest BCUT2D eigenvalue weighted by Gasteiger charge is -2.12. The second-order valence-corrected chi connectivity index (χ2v) is 5.44. The molecule has 0 unspecified atom stereocenters. The lowest BCUT2D eigenvalue weighted by molar-refractivity contribution is 0.737. The zero-order valence-corrected chi connectivity index (χ0v) is 11.9. The molecular weight excluding hydrogens is 224 g/mol. The molecule has 0 atom stereocenters. The molecule has 2 heterocycles. The minimum Gasteiger partial charge on any atom is -0.335 e. The minimum absolute atomic E-state index is 0.336. The first-order valence-corrected chi connectivity index (χ1v) is 6.51. The van der Waals surface area contributed by atoms with Crippen LogP contribution in [0.15, 0.2) is 6.20 Å². The lowest BCUT2D eigenvalue weighted by atomic mass is 10.0. The van der Waals surface area contributed by atoms with Crippen molar-refractivity contribution in [1.82, 2.24) is 14.5 Å². The molecule has 0 aliphatic heterocycles. The van der Waals surface area contributed by atoms with Gasteiger partial charge in [0.1, 0.15) is 11.5 Å². The molecule has 2 aromatic rings. The second-order valence-electron chi connectivity index (χ2n) is 5.44. The maximum Gasteiger partial charge on any atom is 0.144 e. The van der Waals surface area contributed by atoms with E-state index in [4.69, 9.17) is 10.7 Å². The van der Waals surface area contributed by atoms with Gasteiger partial charge in [0.15, 0.2) is 0 Å². The maximum atomic E-state index is 5.83. The van der Waals surface area contributed by atoms with Crippen LogP contribution in [0.3, 0.4) is 0 Å². The summed E-state index contributed by atoms with van der Waals surface area (Å²) in [6.07, 6.45) is 2.06. The molecule has 2 rings (SSSR count). The Balaban J connectivity index is 2.83. The van der Waals surface area contributed by atoms with E-state index in [2.05, 4.69) is 43.4 Å². The van der Waals surface area contributed by atoms with Crippen molar-refractivity contribution in [1.29, 1.82) is 0 Å². The maximum absolute atomic E-state index is 5.83. The van der Waals surface area contributed by atoms with Crippen molar-refractivity contribution >= 4 is 11.0 Å². The highest BCUT2D eigenvalue weighted by molar-refractivity contribution is 5.83. The molecule has 0 aliphatic rings. The fourth-order valence-electron chi connectivity index (χ4n) is 2.24. The van der Waals surface area contributed by atoms with Gasteiger partial charge in [-0.2, -0.15) is 0 Å². The number of aryl methyl sites for hydroxylation is 1. The number of nitrogens with two attached hydrogens (primary N) is 1. The third-order valence-electron chi connectivity index (χ3n) is 3.22. The Morgan fingerprint density at radius 1 is 1.17 bits per heavy atom. The molecule has 0 spiro atoms. The van der Waals surface area contributed by atoms with Crippen molar-refractivity contribution in [3.05, 3.63) is 23.3 Å². The topological polar surface area (TPSA) is 56.7 Å².